The standard InChI is InChI=1S/C13H13BF8N2O2/c1-10(11(2,15)16,12(17,18)19)24-9(25)23-7-4-3-6(14)5-8(7)26-13(20,21)22/h3-5H,14H2,1-2H3,(H2,23,24,25). The van der Waals surface area contributed by atoms with Gasteiger partial charge in [-0.1, -0.05) is 11.5 Å². The van der Waals surface area contributed by atoms with Crippen molar-refractivity contribution in [2.45, 2.75) is 37.8 Å². The van der Waals surface area contributed by atoms with E-state index in [9.17, 15) is 39.9 Å². The normalized spacial score (nSPS) is 15.2. The maximum absolute atomic E-state index is 13.4. The number of amides is 2. The zero-order valence-corrected chi connectivity index (χ0v) is 13.6. The lowest BCUT2D eigenvalue weighted by Crippen LogP contribution is -2.66. The van der Waals surface area contributed by atoms with Crippen LogP contribution in [0.4, 0.5) is 45.6 Å². The molecule has 0 fully saturated rings. The van der Waals surface area contributed by atoms with E-state index >= 15 is 0 Å². The molecule has 0 radical (unpaired) electrons. The molecule has 2 amide bonds. The van der Waals surface area contributed by atoms with Gasteiger partial charge in [0.15, 0.2) is 11.3 Å². The highest BCUT2D eigenvalue weighted by atomic mass is 19.4. The van der Waals surface area contributed by atoms with Gasteiger partial charge in [-0.25, -0.2) is 13.6 Å². The highest BCUT2D eigenvalue weighted by molar-refractivity contribution is 6.32. The van der Waals surface area contributed by atoms with Crippen molar-refractivity contribution >= 4 is 25.0 Å². The lowest BCUT2D eigenvalue weighted by atomic mass is 9.94. The Morgan fingerprint density at radius 2 is 1.58 bits per heavy atom. The molecule has 1 aromatic carbocycles. The van der Waals surface area contributed by atoms with Gasteiger partial charge in [-0.3, -0.25) is 0 Å². The second-order valence-electron chi connectivity index (χ2n) is 5.64. The monoisotopic (exact) mass is 392 g/mol. The van der Waals surface area contributed by atoms with E-state index in [1.807, 2.05) is 0 Å². The van der Waals surface area contributed by atoms with Crippen molar-refractivity contribution in [1.82, 2.24) is 5.32 Å². The summed E-state index contributed by atoms with van der Waals surface area (Å²) in [6.45, 7) is -0.000310. The number of halogens is 8. The van der Waals surface area contributed by atoms with Gasteiger partial charge in [0.1, 0.15) is 7.85 Å². The number of rotatable bonds is 4. The first kappa shape index (κ1) is 21.8. The zero-order chi connectivity index (χ0) is 20.6. The summed E-state index contributed by atoms with van der Waals surface area (Å²) in [4.78, 5) is 11.7. The number of ether oxygens (including phenoxy) is 1. The molecule has 0 aliphatic rings. The Balaban J connectivity index is 3.11. The first-order chi connectivity index (χ1) is 11.5. The van der Waals surface area contributed by atoms with Gasteiger partial charge in [0.2, 0.25) is 0 Å². The van der Waals surface area contributed by atoms with Gasteiger partial charge >= 0.3 is 18.6 Å². The van der Waals surface area contributed by atoms with Gasteiger partial charge in [-0.2, -0.15) is 13.2 Å². The number of alkyl halides is 8. The van der Waals surface area contributed by atoms with Crippen molar-refractivity contribution in [3.8, 4) is 5.75 Å². The molecule has 1 unspecified atom stereocenters. The van der Waals surface area contributed by atoms with E-state index < -0.39 is 41.5 Å². The average Bonchev–Trinajstić information content (AvgIpc) is 2.37. The summed E-state index contributed by atoms with van der Waals surface area (Å²) in [7, 11) is 1.39. The third-order valence-corrected chi connectivity index (χ3v) is 3.42. The minimum Gasteiger partial charge on any atom is -0.404 e. The average molecular weight is 392 g/mol. The van der Waals surface area contributed by atoms with Crippen molar-refractivity contribution in [2.24, 2.45) is 0 Å². The quantitative estimate of drug-likeness (QED) is 0.612. The number of carbonyl (C=O) groups is 1. The van der Waals surface area contributed by atoms with Crippen LogP contribution >= 0.6 is 0 Å². The summed E-state index contributed by atoms with van der Waals surface area (Å²) in [6, 6.07) is 1.23. The van der Waals surface area contributed by atoms with Crippen LogP contribution in [0.5, 0.6) is 5.75 Å². The number of hydrogen-bond donors (Lipinski definition) is 2. The van der Waals surface area contributed by atoms with Gasteiger partial charge in [0, 0.05) is 6.92 Å². The van der Waals surface area contributed by atoms with Crippen LogP contribution in [-0.4, -0.2) is 37.9 Å². The fraction of sp³-hybridized carbons (Fsp3) is 0.462. The summed E-state index contributed by atoms with van der Waals surface area (Å²) >= 11 is 0. The second kappa shape index (κ2) is 6.84. The summed E-state index contributed by atoms with van der Waals surface area (Å²) in [5, 5.41) is 2.72. The molecule has 26 heavy (non-hydrogen) atoms. The molecule has 0 spiro atoms. The molecule has 4 nitrogen and oxygen atoms in total. The van der Waals surface area contributed by atoms with E-state index in [1.54, 1.807) is 5.32 Å². The van der Waals surface area contributed by atoms with Crippen LogP contribution in [0.3, 0.4) is 0 Å². The Morgan fingerprint density at radius 3 is 2.00 bits per heavy atom. The van der Waals surface area contributed by atoms with Crippen LogP contribution in [0.1, 0.15) is 13.8 Å². The fourth-order valence-corrected chi connectivity index (χ4v) is 1.75. The minimum atomic E-state index is -5.54. The predicted octanol–water partition coefficient (Wildman–Crippen LogP) is 2.94. The first-order valence-corrected chi connectivity index (χ1v) is 6.86. The molecular formula is C13H13BF8N2O2. The SMILES string of the molecule is Bc1ccc(NC(=O)NC(C)(C(C)(F)F)C(F)(F)F)c(OC(F)(F)F)c1. The fourth-order valence-electron chi connectivity index (χ4n) is 1.75. The van der Waals surface area contributed by atoms with Crippen LogP contribution in [0.25, 0.3) is 0 Å². The number of nitrogens with one attached hydrogen (secondary N) is 2. The molecule has 1 aromatic rings. The maximum Gasteiger partial charge on any atom is 0.573 e. The van der Waals surface area contributed by atoms with Gasteiger partial charge in [0.05, 0.1) is 5.69 Å². The van der Waals surface area contributed by atoms with Gasteiger partial charge < -0.3 is 15.4 Å². The number of urea groups is 1. The molecule has 0 saturated carbocycles. The van der Waals surface area contributed by atoms with Crippen LogP contribution in [0.2, 0.25) is 0 Å². The topological polar surface area (TPSA) is 50.4 Å². The second-order valence-corrected chi connectivity index (χ2v) is 5.64. The Labute approximate surface area is 143 Å². The minimum absolute atomic E-state index is 0.0504. The van der Waals surface area contributed by atoms with E-state index in [-0.39, 0.29) is 19.3 Å². The van der Waals surface area contributed by atoms with E-state index in [1.165, 1.54) is 13.9 Å². The molecule has 0 bridgehead atoms. The number of hydrogen-bond acceptors (Lipinski definition) is 2. The Morgan fingerprint density at radius 1 is 1.04 bits per heavy atom. The van der Waals surface area contributed by atoms with Crippen molar-refractivity contribution in [3.63, 3.8) is 0 Å². The van der Waals surface area contributed by atoms with Crippen molar-refractivity contribution in [1.29, 1.82) is 0 Å². The van der Waals surface area contributed by atoms with Crippen molar-refractivity contribution in [3.05, 3.63) is 18.2 Å². The highest BCUT2D eigenvalue weighted by Gasteiger charge is 2.65. The number of benzene rings is 1. The smallest absolute Gasteiger partial charge is 0.404 e. The van der Waals surface area contributed by atoms with E-state index in [4.69, 9.17) is 0 Å². The summed E-state index contributed by atoms with van der Waals surface area (Å²) < 4.78 is 106. The zero-order valence-electron chi connectivity index (χ0n) is 13.6. The molecular weight excluding hydrogens is 379 g/mol. The highest BCUT2D eigenvalue weighted by Crippen LogP contribution is 2.41. The molecule has 0 saturated heterocycles. The molecule has 0 aliphatic heterocycles. The molecule has 0 heterocycles. The molecule has 13 heteroatoms. The Kier molecular flexibility index (Phi) is 5.74. The van der Waals surface area contributed by atoms with E-state index in [0.29, 0.717) is 0 Å². The lowest BCUT2D eigenvalue weighted by Gasteiger charge is -2.37. The lowest BCUT2D eigenvalue weighted by molar-refractivity contribution is -0.274. The molecule has 1 atom stereocenters. The predicted molar refractivity (Wildman–Crippen MR) is 78.5 cm³/mol. The van der Waals surface area contributed by atoms with E-state index in [2.05, 4.69) is 4.74 Å². The van der Waals surface area contributed by atoms with Crippen LogP contribution in [-0.2, 0) is 0 Å². The van der Waals surface area contributed by atoms with Gasteiger partial charge in [0.25, 0.3) is 5.92 Å². The van der Waals surface area contributed by atoms with Gasteiger partial charge in [-0.05, 0) is 19.1 Å². The molecule has 146 valence electrons. The summed E-state index contributed by atoms with van der Waals surface area (Å²) in [6.07, 6.45) is -10.7. The Bertz CT molecular complexity index is 656. The molecule has 1 rings (SSSR count). The summed E-state index contributed by atoms with van der Waals surface area (Å²) in [5.74, 6) is -5.33. The Hall–Kier alpha value is -2.21. The largest absolute Gasteiger partial charge is 0.573 e. The molecule has 0 aliphatic carbocycles. The third-order valence-electron chi connectivity index (χ3n) is 3.42. The molecule has 2 N–H and O–H groups in total. The maximum atomic E-state index is 13.4. The summed E-state index contributed by atoms with van der Waals surface area (Å²) in [5.41, 5.74) is -4.33. The molecule has 0 aromatic heterocycles. The van der Waals surface area contributed by atoms with Gasteiger partial charge in [-0.15, -0.1) is 13.2 Å². The third kappa shape index (κ3) is 5.15. The first-order valence-electron chi connectivity index (χ1n) is 6.86. The van der Waals surface area contributed by atoms with Crippen LogP contribution in [0.15, 0.2) is 18.2 Å². The van der Waals surface area contributed by atoms with Crippen molar-refractivity contribution in [2.75, 3.05) is 5.32 Å². The number of carbonyl (C=O) groups excluding carboxylic acids is 1. The number of anilines is 1. The van der Waals surface area contributed by atoms with Crippen molar-refractivity contribution < 1.29 is 44.7 Å². The van der Waals surface area contributed by atoms with Crippen LogP contribution < -0.4 is 20.8 Å². The van der Waals surface area contributed by atoms with E-state index in [0.717, 1.165) is 17.4 Å². The van der Waals surface area contributed by atoms with Crippen LogP contribution in [0, 0.1) is 0 Å².